The van der Waals surface area contributed by atoms with Crippen molar-refractivity contribution in [2.24, 2.45) is 0 Å². The number of nitriles is 1. The van der Waals surface area contributed by atoms with Crippen molar-refractivity contribution in [2.45, 2.75) is 6.92 Å². The van der Waals surface area contributed by atoms with Crippen LogP contribution in [0.5, 0.6) is 0 Å². The lowest BCUT2D eigenvalue weighted by molar-refractivity contribution is -0.384. The zero-order valence-corrected chi connectivity index (χ0v) is 12.7. The second-order valence-corrected chi connectivity index (χ2v) is 4.80. The summed E-state index contributed by atoms with van der Waals surface area (Å²) in [6, 6.07) is 10.8. The predicted octanol–water partition coefficient (Wildman–Crippen LogP) is 2.76. The average Bonchev–Trinajstić information content (AvgIpc) is 2.57. The first-order valence-corrected chi connectivity index (χ1v) is 6.85. The third-order valence-electron chi connectivity index (χ3n) is 2.96. The maximum Gasteiger partial charge on any atom is 0.271 e. The highest BCUT2D eigenvalue weighted by molar-refractivity contribution is 6.06. The molecule has 0 aliphatic carbocycles. The summed E-state index contributed by atoms with van der Waals surface area (Å²) in [5, 5.41) is 25.0. The van der Waals surface area contributed by atoms with E-state index in [4.69, 9.17) is 5.26 Å². The van der Waals surface area contributed by atoms with Gasteiger partial charge in [0, 0.05) is 30.2 Å². The van der Waals surface area contributed by atoms with Crippen molar-refractivity contribution in [1.82, 2.24) is 4.98 Å². The van der Waals surface area contributed by atoms with Crippen molar-refractivity contribution in [3.05, 3.63) is 70.0 Å². The topological polar surface area (TPSA) is 121 Å². The Labute approximate surface area is 137 Å². The molecule has 24 heavy (non-hydrogen) atoms. The smallest absolute Gasteiger partial charge is 0.271 e. The van der Waals surface area contributed by atoms with Gasteiger partial charge < -0.3 is 10.6 Å². The number of benzene rings is 1. The largest absolute Gasteiger partial charge is 0.345 e. The summed E-state index contributed by atoms with van der Waals surface area (Å²) in [7, 11) is 0. The van der Waals surface area contributed by atoms with E-state index in [2.05, 4.69) is 15.6 Å². The van der Waals surface area contributed by atoms with Crippen LogP contribution < -0.4 is 10.6 Å². The number of aromatic nitrogens is 1. The second kappa shape index (κ2) is 7.51. The van der Waals surface area contributed by atoms with E-state index >= 15 is 0 Å². The van der Waals surface area contributed by atoms with Crippen LogP contribution in [-0.2, 0) is 4.79 Å². The molecular formula is C16H13N5O3. The van der Waals surface area contributed by atoms with Gasteiger partial charge in [0.2, 0.25) is 0 Å². The highest BCUT2D eigenvalue weighted by atomic mass is 16.6. The Kier molecular flexibility index (Phi) is 5.20. The van der Waals surface area contributed by atoms with Crippen molar-refractivity contribution in [3.63, 3.8) is 0 Å². The third-order valence-corrected chi connectivity index (χ3v) is 2.96. The number of rotatable bonds is 5. The van der Waals surface area contributed by atoms with Gasteiger partial charge in [-0.15, -0.1) is 0 Å². The summed E-state index contributed by atoms with van der Waals surface area (Å²) in [5.41, 5.74) is 0.860. The van der Waals surface area contributed by atoms with E-state index in [1.165, 1.54) is 30.5 Å². The molecule has 0 saturated carbocycles. The Morgan fingerprint density at radius 3 is 2.79 bits per heavy atom. The fraction of sp³-hybridized carbons (Fsp3) is 0.0625. The molecule has 0 atom stereocenters. The SMILES string of the molecule is Cc1ccc(N/C=C(/C#N)C(=O)Nc2cccc([N+](=O)[O-])c2)nc1. The molecule has 2 rings (SSSR count). The van der Waals surface area contributed by atoms with Gasteiger partial charge in [-0.2, -0.15) is 5.26 Å². The monoisotopic (exact) mass is 323 g/mol. The van der Waals surface area contributed by atoms with Gasteiger partial charge in [0.25, 0.3) is 11.6 Å². The number of nitrogens with zero attached hydrogens (tertiary/aromatic N) is 3. The number of nitro groups is 1. The number of hydrogen-bond acceptors (Lipinski definition) is 6. The van der Waals surface area contributed by atoms with E-state index < -0.39 is 10.8 Å². The first-order valence-electron chi connectivity index (χ1n) is 6.85. The summed E-state index contributed by atoms with van der Waals surface area (Å²) < 4.78 is 0. The summed E-state index contributed by atoms with van der Waals surface area (Å²) in [4.78, 5) is 26.3. The molecule has 0 saturated heterocycles. The lowest BCUT2D eigenvalue weighted by Crippen LogP contribution is -2.14. The minimum Gasteiger partial charge on any atom is -0.345 e. The number of carbonyl (C=O) groups excluding carboxylic acids is 1. The molecule has 1 heterocycles. The Morgan fingerprint density at radius 1 is 1.38 bits per heavy atom. The Morgan fingerprint density at radius 2 is 2.17 bits per heavy atom. The fourth-order valence-electron chi connectivity index (χ4n) is 1.74. The molecule has 0 fully saturated rings. The van der Waals surface area contributed by atoms with Crippen LogP contribution in [0.1, 0.15) is 5.56 Å². The number of nitro benzene ring substituents is 1. The van der Waals surface area contributed by atoms with E-state index in [0.717, 1.165) is 5.56 Å². The molecule has 120 valence electrons. The van der Waals surface area contributed by atoms with Gasteiger partial charge in [-0.3, -0.25) is 14.9 Å². The first-order chi connectivity index (χ1) is 11.5. The predicted molar refractivity (Wildman–Crippen MR) is 88.0 cm³/mol. The summed E-state index contributed by atoms with van der Waals surface area (Å²) in [5.74, 6) is -0.200. The molecule has 2 N–H and O–H groups in total. The molecule has 0 radical (unpaired) electrons. The van der Waals surface area contributed by atoms with Crippen LogP contribution in [0.15, 0.2) is 54.4 Å². The van der Waals surface area contributed by atoms with E-state index in [1.807, 2.05) is 13.0 Å². The molecule has 0 bridgehead atoms. The molecule has 0 spiro atoms. The number of nitrogens with one attached hydrogen (secondary N) is 2. The van der Waals surface area contributed by atoms with Crippen molar-refractivity contribution in [1.29, 1.82) is 5.26 Å². The van der Waals surface area contributed by atoms with Crippen LogP contribution >= 0.6 is 0 Å². The van der Waals surface area contributed by atoms with E-state index in [9.17, 15) is 14.9 Å². The lowest BCUT2D eigenvalue weighted by Gasteiger charge is -2.05. The second-order valence-electron chi connectivity index (χ2n) is 4.80. The quantitative estimate of drug-likeness (QED) is 0.378. The van der Waals surface area contributed by atoms with Crippen LogP contribution in [-0.4, -0.2) is 15.8 Å². The molecule has 1 aromatic carbocycles. The minimum atomic E-state index is -0.683. The van der Waals surface area contributed by atoms with Crippen LogP contribution in [0.4, 0.5) is 17.2 Å². The van der Waals surface area contributed by atoms with Gasteiger partial charge >= 0.3 is 0 Å². The summed E-state index contributed by atoms with van der Waals surface area (Å²) in [6.07, 6.45) is 2.87. The maximum atomic E-state index is 12.1. The molecule has 8 nitrogen and oxygen atoms in total. The number of aryl methyl sites for hydroxylation is 1. The molecule has 2 aromatic rings. The van der Waals surface area contributed by atoms with Gasteiger partial charge in [-0.1, -0.05) is 12.1 Å². The molecular weight excluding hydrogens is 310 g/mol. The highest BCUT2D eigenvalue weighted by Crippen LogP contribution is 2.17. The van der Waals surface area contributed by atoms with E-state index in [1.54, 1.807) is 18.3 Å². The maximum absolute atomic E-state index is 12.1. The number of pyridine rings is 1. The number of carbonyl (C=O) groups is 1. The van der Waals surface area contributed by atoms with Gasteiger partial charge in [-0.25, -0.2) is 4.98 Å². The molecule has 8 heteroatoms. The van der Waals surface area contributed by atoms with E-state index in [0.29, 0.717) is 5.82 Å². The number of anilines is 2. The molecule has 0 aliphatic rings. The number of hydrogen-bond donors (Lipinski definition) is 2. The molecule has 1 aromatic heterocycles. The Hall–Kier alpha value is -3.73. The third kappa shape index (κ3) is 4.38. The zero-order valence-electron chi connectivity index (χ0n) is 12.7. The highest BCUT2D eigenvalue weighted by Gasteiger charge is 2.12. The molecule has 0 aliphatic heterocycles. The van der Waals surface area contributed by atoms with Crippen molar-refractivity contribution in [2.75, 3.05) is 10.6 Å². The Balaban J connectivity index is 2.10. The van der Waals surface area contributed by atoms with Gasteiger partial charge in [-0.05, 0) is 24.6 Å². The van der Waals surface area contributed by atoms with Gasteiger partial charge in [0.1, 0.15) is 17.5 Å². The minimum absolute atomic E-state index is 0.155. The molecule has 0 unspecified atom stereocenters. The van der Waals surface area contributed by atoms with Crippen LogP contribution in [0.2, 0.25) is 0 Å². The van der Waals surface area contributed by atoms with Crippen LogP contribution in [0.3, 0.4) is 0 Å². The summed E-state index contributed by atoms with van der Waals surface area (Å²) in [6.45, 7) is 1.89. The van der Waals surface area contributed by atoms with Gasteiger partial charge in [0.05, 0.1) is 4.92 Å². The number of amides is 1. The normalized spacial score (nSPS) is 10.6. The Bertz CT molecular complexity index is 838. The first kappa shape index (κ1) is 16.6. The van der Waals surface area contributed by atoms with E-state index in [-0.39, 0.29) is 16.9 Å². The van der Waals surface area contributed by atoms with Crippen LogP contribution in [0.25, 0.3) is 0 Å². The lowest BCUT2D eigenvalue weighted by atomic mass is 10.2. The van der Waals surface area contributed by atoms with Crippen LogP contribution in [0, 0.1) is 28.4 Å². The zero-order chi connectivity index (χ0) is 17.5. The standard InChI is InChI=1S/C16H13N5O3/c1-11-5-6-15(18-9-11)19-10-12(8-17)16(22)20-13-3-2-4-14(7-13)21(23)24/h2-7,9-10H,1H3,(H,18,19)(H,20,22)/b12-10-. The van der Waals surface area contributed by atoms with Crippen molar-refractivity contribution >= 4 is 23.1 Å². The average molecular weight is 323 g/mol. The fourth-order valence-corrected chi connectivity index (χ4v) is 1.74. The van der Waals surface area contributed by atoms with Crippen molar-refractivity contribution < 1.29 is 9.72 Å². The summed E-state index contributed by atoms with van der Waals surface area (Å²) >= 11 is 0. The van der Waals surface area contributed by atoms with Crippen molar-refractivity contribution in [3.8, 4) is 6.07 Å². The number of non-ortho nitro benzene ring substituents is 1. The molecule has 1 amide bonds. The van der Waals surface area contributed by atoms with Gasteiger partial charge in [0.15, 0.2) is 0 Å².